The molecule has 1 saturated carbocycles. The van der Waals surface area contributed by atoms with Crippen molar-refractivity contribution in [1.29, 1.82) is 0 Å². The third-order valence-electron chi connectivity index (χ3n) is 5.61. The van der Waals surface area contributed by atoms with Crippen LogP contribution in [-0.4, -0.2) is 28.8 Å². The minimum absolute atomic E-state index is 0.173. The van der Waals surface area contributed by atoms with E-state index in [2.05, 4.69) is 5.32 Å². The first kappa shape index (κ1) is 18.9. The van der Waals surface area contributed by atoms with Crippen molar-refractivity contribution >= 4 is 35.1 Å². The smallest absolute Gasteiger partial charge is 0.306 e. The maximum atomic E-state index is 12.6. The van der Waals surface area contributed by atoms with Crippen LogP contribution in [0.25, 0.3) is 0 Å². The van der Waals surface area contributed by atoms with Crippen molar-refractivity contribution < 1.29 is 24.3 Å². The molecule has 7 heteroatoms. The van der Waals surface area contributed by atoms with Gasteiger partial charge >= 0.3 is 5.97 Å². The van der Waals surface area contributed by atoms with E-state index in [0.717, 1.165) is 4.90 Å². The van der Waals surface area contributed by atoms with Crippen LogP contribution >= 0.6 is 0 Å². The molecule has 0 bridgehead atoms. The lowest BCUT2D eigenvalue weighted by Crippen LogP contribution is -2.30. The lowest BCUT2D eigenvalue weighted by molar-refractivity contribution is -0.143. The standard InChI is InChI=1S/C22H20N2O5/c25-19(13-8-10-14(11-9-13)22(28)29)23-15-4-3-5-16(12-15)24-20(26)17-6-1-2-7-18(17)21(24)27/h1-7,12-14H,8-11H2,(H,23,25)(H,28,29). The minimum Gasteiger partial charge on any atom is -0.481 e. The lowest BCUT2D eigenvalue weighted by Gasteiger charge is -2.25. The molecule has 0 saturated heterocycles. The van der Waals surface area contributed by atoms with Crippen molar-refractivity contribution in [3.05, 3.63) is 59.7 Å². The first-order chi connectivity index (χ1) is 14.0. The summed E-state index contributed by atoms with van der Waals surface area (Å²) in [5.74, 6) is -2.38. The van der Waals surface area contributed by atoms with Crippen molar-refractivity contribution in [2.75, 3.05) is 10.2 Å². The molecule has 7 nitrogen and oxygen atoms in total. The Bertz CT molecular complexity index is 973. The van der Waals surface area contributed by atoms with E-state index in [-0.39, 0.29) is 29.6 Å². The quantitative estimate of drug-likeness (QED) is 0.777. The zero-order valence-corrected chi connectivity index (χ0v) is 15.6. The van der Waals surface area contributed by atoms with Gasteiger partial charge in [0, 0.05) is 11.6 Å². The predicted molar refractivity (Wildman–Crippen MR) is 106 cm³/mol. The van der Waals surface area contributed by atoms with E-state index in [1.165, 1.54) is 0 Å². The summed E-state index contributed by atoms with van der Waals surface area (Å²) >= 11 is 0. The number of nitrogens with one attached hydrogen (secondary N) is 1. The Labute approximate surface area is 167 Å². The molecule has 2 aliphatic rings. The molecule has 1 aliphatic heterocycles. The van der Waals surface area contributed by atoms with Crippen LogP contribution in [0.2, 0.25) is 0 Å². The Hall–Kier alpha value is -3.48. The number of aliphatic carboxylic acids is 1. The molecule has 29 heavy (non-hydrogen) atoms. The number of benzene rings is 2. The fourth-order valence-corrected chi connectivity index (χ4v) is 3.99. The highest BCUT2D eigenvalue weighted by atomic mass is 16.4. The molecule has 2 aromatic rings. The average molecular weight is 392 g/mol. The van der Waals surface area contributed by atoms with Crippen LogP contribution < -0.4 is 10.2 Å². The molecule has 0 aromatic heterocycles. The monoisotopic (exact) mass is 392 g/mol. The van der Waals surface area contributed by atoms with Gasteiger partial charge in [-0.05, 0) is 56.0 Å². The van der Waals surface area contributed by atoms with Gasteiger partial charge in [-0.15, -0.1) is 0 Å². The number of hydrogen-bond acceptors (Lipinski definition) is 4. The van der Waals surface area contributed by atoms with Crippen LogP contribution in [0.4, 0.5) is 11.4 Å². The van der Waals surface area contributed by atoms with Crippen molar-refractivity contribution in [2.45, 2.75) is 25.7 Å². The summed E-state index contributed by atoms with van der Waals surface area (Å²) in [5.41, 5.74) is 1.61. The van der Waals surface area contributed by atoms with Crippen molar-refractivity contribution in [3.63, 3.8) is 0 Å². The first-order valence-corrected chi connectivity index (χ1v) is 9.57. The second-order valence-corrected chi connectivity index (χ2v) is 7.42. The SMILES string of the molecule is O=C(O)C1CCC(C(=O)Nc2cccc(N3C(=O)c4ccccc4C3=O)c2)CC1. The fraction of sp³-hybridized carbons (Fsp3) is 0.273. The van der Waals surface area contributed by atoms with Crippen LogP contribution in [-0.2, 0) is 9.59 Å². The molecule has 3 amide bonds. The summed E-state index contributed by atoms with van der Waals surface area (Å²) in [6.07, 6.45) is 2.03. The number of fused-ring (bicyclic) bond motifs is 1. The number of hydrogen-bond donors (Lipinski definition) is 2. The van der Waals surface area contributed by atoms with Gasteiger partial charge < -0.3 is 10.4 Å². The van der Waals surface area contributed by atoms with Crippen LogP contribution in [0, 0.1) is 11.8 Å². The van der Waals surface area contributed by atoms with E-state index in [9.17, 15) is 19.2 Å². The Morgan fingerprint density at radius 1 is 0.862 bits per heavy atom. The second-order valence-electron chi connectivity index (χ2n) is 7.42. The van der Waals surface area contributed by atoms with Gasteiger partial charge in [-0.1, -0.05) is 18.2 Å². The largest absolute Gasteiger partial charge is 0.481 e. The summed E-state index contributed by atoms with van der Waals surface area (Å²) in [7, 11) is 0. The van der Waals surface area contributed by atoms with Crippen molar-refractivity contribution in [3.8, 4) is 0 Å². The second kappa shape index (κ2) is 7.50. The number of imide groups is 1. The van der Waals surface area contributed by atoms with Crippen molar-refractivity contribution in [1.82, 2.24) is 0 Å². The number of nitrogens with zero attached hydrogens (tertiary/aromatic N) is 1. The van der Waals surface area contributed by atoms with E-state index in [0.29, 0.717) is 48.2 Å². The van der Waals surface area contributed by atoms with E-state index in [1.54, 1.807) is 48.5 Å². The number of amides is 3. The third kappa shape index (κ3) is 3.51. The lowest BCUT2D eigenvalue weighted by atomic mass is 9.81. The fourth-order valence-electron chi connectivity index (χ4n) is 3.99. The molecule has 0 unspecified atom stereocenters. The number of rotatable bonds is 4. The van der Waals surface area contributed by atoms with Gasteiger partial charge in [0.2, 0.25) is 5.91 Å². The summed E-state index contributed by atoms with van der Waals surface area (Å²) in [6.45, 7) is 0. The molecule has 4 rings (SSSR count). The molecule has 2 N–H and O–H groups in total. The predicted octanol–water partition coefficient (Wildman–Crippen LogP) is 3.32. The Kier molecular flexibility index (Phi) is 4.88. The number of carbonyl (C=O) groups is 4. The topological polar surface area (TPSA) is 104 Å². The number of carboxylic acids is 1. The first-order valence-electron chi connectivity index (χ1n) is 9.57. The van der Waals surface area contributed by atoms with E-state index < -0.39 is 5.97 Å². The molecule has 0 spiro atoms. The van der Waals surface area contributed by atoms with Gasteiger partial charge in [0.15, 0.2) is 0 Å². The zero-order valence-electron chi connectivity index (χ0n) is 15.6. The van der Waals surface area contributed by atoms with Gasteiger partial charge in [-0.25, -0.2) is 4.90 Å². The molecule has 1 fully saturated rings. The molecule has 0 atom stereocenters. The molecule has 2 aromatic carbocycles. The summed E-state index contributed by atoms with van der Waals surface area (Å²) in [4.78, 5) is 50.0. The summed E-state index contributed by atoms with van der Waals surface area (Å²) in [6, 6.07) is 13.3. The highest BCUT2D eigenvalue weighted by molar-refractivity contribution is 6.34. The molecular weight excluding hydrogens is 372 g/mol. The number of anilines is 2. The van der Waals surface area contributed by atoms with Crippen LogP contribution in [0.1, 0.15) is 46.4 Å². The number of carbonyl (C=O) groups excluding carboxylic acids is 3. The Balaban J connectivity index is 1.48. The minimum atomic E-state index is -0.808. The number of carboxylic acid groups (broad SMARTS) is 1. The molecule has 1 heterocycles. The van der Waals surface area contributed by atoms with Gasteiger partial charge in [0.1, 0.15) is 0 Å². The van der Waals surface area contributed by atoms with E-state index >= 15 is 0 Å². The maximum absolute atomic E-state index is 12.6. The molecule has 148 valence electrons. The van der Waals surface area contributed by atoms with E-state index in [1.807, 2.05) is 0 Å². The highest BCUT2D eigenvalue weighted by Gasteiger charge is 2.36. The van der Waals surface area contributed by atoms with Gasteiger partial charge in [-0.3, -0.25) is 19.2 Å². The Morgan fingerprint density at radius 3 is 2.03 bits per heavy atom. The third-order valence-corrected chi connectivity index (χ3v) is 5.61. The van der Waals surface area contributed by atoms with Gasteiger partial charge in [0.25, 0.3) is 11.8 Å². The molecule has 0 radical (unpaired) electrons. The van der Waals surface area contributed by atoms with Crippen LogP contribution in [0.15, 0.2) is 48.5 Å². The zero-order chi connectivity index (χ0) is 20.5. The van der Waals surface area contributed by atoms with Crippen LogP contribution in [0.3, 0.4) is 0 Å². The highest BCUT2D eigenvalue weighted by Crippen LogP contribution is 2.32. The van der Waals surface area contributed by atoms with Gasteiger partial charge in [-0.2, -0.15) is 0 Å². The normalized spacial score (nSPS) is 21.0. The summed E-state index contributed by atoms with van der Waals surface area (Å²) < 4.78 is 0. The molecule has 1 aliphatic carbocycles. The van der Waals surface area contributed by atoms with Crippen molar-refractivity contribution in [2.24, 2.45) is 11.8 Å². The van der Waals surface area contributed by atoms with E-state index in [4.69, 9.17) is 5.11 Å². The molecular formula is C22H20N2O5. The van der Waals surface area contributed by atoms with Gasteiger partial charge in [0.05, 0.1) is 22.7 Å². The summed E-state index contributed by atoms with van der Waals surface area (Å²) in [5, 5.41) is 11.9. The van der Waals surface area contributed by atoms with Crippen LogP contribution in [0.5, 0.6) is 0 Å². The average Bonchev–Trinajstić information content (AvgIpc) is 2.99. The Morgan fingerprint density at radius 2 is 1.45 bits per heavy atom. The maximum Gasteiger partial charge on any atom is 0.306 e.